The highest BCUT2D eigenvalue weighted by atomic mass is 35.5. The highest BCUT2D eigenvalue weighted by molar-refractivity contribution is 6.31. The number of hydrogen-bond donors (Lipinski definition) is 0. The first kappa shape index (κ1) is 16.8. The van der Waals surface area contributed by atoms with Gasteiger partial charge in [-0.1, -0.05) is 54.1 Å². The van der Waals surface area contributed by atoms with Crippen LogP contribution in [-0.4, -0.2) is 36.1 Å². The van der Waals surface area contributed by atoms with Gasteiger partial charge in [0.15, 0.2) is 5.69 Å². The molecule has 0 spiro atoms. The zero-order valence-corrected chi connectivity index (χ0v) is 15.2. The second-order valence-electron chi connectivity index (χ2n) is 6.51. The summed E-state index contributed by atoms with van der Waals surface area (Å²) in [4.78, 5) is 9.07. The molecule has 0 aliphatic carbocycles. The van der Waals surface area contributed by atoms with Crippen LogP contribution >= 0.6 is 11.6 Å². The molecule has 1 aliphatic heterocycles. The van der Waals surface area contributed by atoms with Gasteiger partial charge < -0.3 is 4.90 Å². The zero-order valence-electron chi connectivity index (χ0n) is 14.4. The molecule has 3 aromatic rings. The van der Waals surface area contributed by atoms with E-state index in [0.29, 0.717) is 10.7 Å². The first-order valence-electron chi connectivity index (χ1n) is 8.75. The van der Waals surface area contributed by atoms with Crippen molar-refractivity contribution in [2.75, 3.05) is 31.1 Å². The summed E-state index contributed by atoms with van der Waals surface area (Å²) < 4.78 is 0. The van der Waals surface area contributed by atoms with Gasteiger partial charge in [0.25, 0.3) is 0 Å². The average Bonchev–Trinajstić information content (AvgIpc) is 2.69. The number of nitriles is 1. The highest BCUT2D eigenvalue weighted by Gasteiger charge is 2.19. The third-order valence-corrected chi connectivity index (χ3v) is 5.21. The number of fused-ring (bicyclic) bond motifs is 1. The summed E-state index contributed by atoms with van der Waals surface area (Å²) in [5.74, 6) is 0.829. The van der Waals surface area contributed by atoms with Gasteiger partial charge >= 0.3 is 0 Å². The Bertz CT molecular complexity index is 966. The van der Waals surface area contributed by atoms with Crippen molar-refractivity contribution in [1.82, 2.24) is 9.88 Å². The number of benzene rings is 2. The number of piperazine rings is 1. The number of nitrogens with zero attached hydrogens (tertiary/aromatic N) is 4. The highest BCUT2D eigenvalue weighted by Crippen LogP contribution is 2.23. The fraction of sp³-hybridized carbons (Fsp3) is 0.238. The van der Waals surface area contributed by atoms with E-state index >= 15 is 0 Å². The molecule has 1 aliphatic rings. The average molecular weight is 363 g/mol. The van der Waals surface area contributed by atoms with E-state index in [1.54, 1.807) is 6.07 Å². The van der Waals surface area contributed by atoms with Gasteiger partial charge in [-0.3, -0.25) is 4.90 Å². The first-order chi connectivity index (χ1) is 12.7. The fourth-order valence-corrected chi connectivity index (χ4v) is 3.64. The molecule has 26 heavy (non-hydrogen) atoms. The van der Waals surface area contributed by atoms with Crippen molar-refractivity contribution in [2.24, 2.45) is 0 Å². The summed E-state index contributed by atoms with van der Waals surface area (Å²) in [5.41, 5.74) is 1.66. The lowest BCUT2D eigenvalue weighted by Gasteiger charge is -2.35. The van der Waals surface area contributed by atoms with E-state index in [-0.39, 0.29) is 0 Å². The molecule has 1 saturated heterocycles. The summed E-state index contributed by atoms with van der Waals surface area (Å²) in [6, 6.07) is 20.8. The van der Waals surface area contributed by atoms with Gasteiger partial charge in [-0.25, -0.2) is 4.98 Å². The molecule has 130 valence electrons. The van der Waals surface area contributed by atoms with E-state index in [9.17, 15) is 0 Å². The monoisotopic (exact) mass is 362 g/mol. The van der Waals surface area contributed by atoms with Crippen LogP contribution in [0.3, 0.4) is 0 Å². The number of hydrogen-bond acceptors (Lipinski definition) is 4. The van der Waals surface area contributed by atoms with E-state index in [2.05, 4.69) is 63.3 Å². The van der Waals surface area contributed by atoms with Crippen LogP contribution in [0.15, 0.2) is 54.6 Å². The molecule has 4 nitrogen and oxygen atoms in total. The van der Waals surface area contributed by atoms with Gasteiger partial charge in [0.05, 0.1) is 5.02 Å². The summed E-state index contributed by atoms with van der Waals surface area (Å²) in [7, 11) is 0. The Morgan fingerprint density at radius 1 is 0.962 bits per heavy atom. The van der Waals surface area contributed by atoms with Gasteiger partial charge in [-0.15, -0.1) is 0 Å². The van der Waals surface area contributed by atoms with E-state index in [1.165, 1.54) is 16.3 Å². The lowest BCUT2D eigenvalue weighted by atomic mass is 10.0. The lowest BCUT2D eigenvalue weighted by molar-refractivity contribution is 0.250. The third-order valence-electron chi connectivity index (χ3n) is 4.91. The topological polar surface area (TPSA) is 43.2 Å². The Hall–Kier alpha value is -2.61. The lowest BCUT2D eigenvalue weighted by Crippen LogP contribution is -2.46. The number of anilines is 1. The number of rotatable bonds is 3. The molecular formula is C21H19ClN4. The summed E-state index contributed by atoms with van der Waals surface area (Å²) >= 11 is 5.98. The van der Waals surface area contributed by atoms with Gasteiger partial charge in [-0.2, -0.15) is 5.26 Å². The maximum Gasteiger partial charge on any atom is 0.161 e. The van der Waals surface area contributed by atoms with Crippen molar-refractivity contribution < 1.29 is 0 Å². The minimum atomic E-state index is 0.294. The van der Waals surface area contributed by atoms with Crippen molar-refractivity contribution in [3.05, 3.63) is 70.9 Å². The van der Waals surface area contributed by atoms with Gasteiger partial charge in [0.2, 0.25) is 0 Å². The van der Waals surface area contributed by atoms with Crippen molar-refractivity contribution in [3.8, 4) is 6.07 Å². The van der Waals surface area contributed by atoms with E-state index in [0.717, 1.165) is 38.5 Å². The Labute approximate surface area is 158 Å². The molecule has 5 heteroatoms. The van der Waals surface area contributed by atoms with Crippen LogP contribution in [0.25, 0.3) is 10.8 Å². The molecule has 2 heterocycles. The van der Waals surface area contributed by atoms with Crippen LogP contribution in [0, 0.1) is 11.3 Å². The third kappa shape index (κ3) is 3.37. The molecule has 2 aromatic carbocycles. The molecule has 0 N–H and O–H groups in total. The normalized spacial score (nSPS) is 15.2. The summed E-state index contributed by atoms with van der Waals surface area (Å²) in [6.45, 7) is 4.67. The molecule has 0 radical (unpaired) electrons. The zero-order chi connectivity index (χ0) is 17.9. The maximum absolute atomic E-state index is 9.11. The Kier molecular flexibility index (Phi) is 4.75. The van der Waals surface area contributed by atoms with Crippen LogP contribution in [-0.2, 0) is 6.54 Å². The first-order valence-corrected chi connectivity index (χ1v) is 9.13. The minimum Gasteiger partial charge on any atom is -0.354 e. The standard InChI is InChI=1S/C21H19ClN4/c22-19-8-9-21(24-20(19)14-23)26-12-10-25(11-13-26)15-17-6-3-5-16-4-1-2-7-18(16)17/h1-9H,10-13,15H2. The summed E-state index contributed by atoms with van der Waals surface area (Å²) in [5, 5.41) is 12.1. The smallest absolute Gasteiger partial charge is 0.161 e. The number of aromatic nitrogens is 1. The van der Waals surface area contributed by atoms with Gasteiger partial charge in [0, 0.05) is 32.7 Å². The maximum atomic E-state index is 9.11. The van der Waals surface area contributed by atoms with Gasteiger partial charge in [-0.05, 0) is 28.5 Å². The van der Waals surface area contributed by atoms with Crippen molar-refractivity contribution >= 4 is 28.2 Å². The molecule has 0 atom stereocenters. The fourth-order valence-electron chi connectivity index (χ4n) is 3.49. The summed E-state index contributed by atoms with van der Waals surface area (Å²) in [6.07, 6.45) is 0. The minimum absolute atomic E-state index is 0.294. The molecule has 1 aromatic heterocycles. The molecule has 1 fully saturated rings. The van der Waals surface area contributed by atoms with Crippen LogP contribution in [0.4, 0.5) is 5.82 Å². The molecule has 4 rings (SSSR count). The van der Waals surface area contributed by atoms with E-state index in [4.69, 9.17) is 16.9 Å². The second-order valence-corrected chi connectivity index (χ2v) is 6.92. The van der Waals surface area contributed by atoms with Crippen LogP contribution in [0.2, 0.25) is 5.02 Å². The van der Waals surface area contributed by atoms with Gasteiger partial charge in [0.1, 0.15) is 11.9 Å². The Morgan fingerprint density at radius 3 is 2.54 bits per heavy atom. The van der Waals surface area contributed by atoms with Crippen molar-refractivity contribution in [3.63, 3.8) is 0 Å². The quantitative estimate of drug-likeness (QED) is 0.704. The second kappa shape index (κ2) is 7.33. The molecule has 0 amide bonds. The van der Waals surface area contributed by atoms with Crippen LogP contribution in [0.1, 0.15) is 11.3 Å². The molecule has 0 bridgehead atoms. The van der Waals surface area contributed by atoms with Crippen molar-refractivity contribution in [2.45, 2.75) is 6.54 Å². The SMILES string of the molecule is N#Cc1nc(N2CCN(Cc3cccc4ccccc34)CC2)ccc1Cl. The predicted octanol–water partition coefficient (Wildman–Crippen LogP) is 4.08. The Morgan fingerprint density at radius 2 is 1.73 bits per heavy atom. The molecular weight excluding hydrogens is 344 g/mol. The predicted molar refractivity (Wildman–Crippen MR) is 105 cm³/mol. The van der Waals surface area contributed by atoms with E-state index in [1.807, 2.05) is 6.07 Å². The van der Waals surface area contributed by atoms with Crippen LogP contribution < -0.4 is 4.90 Å². The largest absolute Gasteiger partial charge is 0.354 e. The van der Waals surface area contributed by atoms with Crippen molar-refractivity contribution in [1.29, 1.82) is 5.26 Å². The number of halogens is 1. The van der Waals surface area contributed by atoms with E-state index < -0.39 is 0 Å². The number of pyridine rings is 1. The Balaban J connectivity index is 1.45. The molecule has 0 saturated carbocycles. The van der Waals surface area contributed by atoms with Crippen LogP contribution in [0.5, 0.6) is 0 Å². The molecule has 0 unspecified atom stereocenters.